The van der Waals surface area contributed by atoms with E-state index in [1.165, 1.54) is 19.3 Å². The molecule has 1 saturated heterocycles. The van der Waals surface area contributed by atoms with Crippen LogP contribution in [-0.4, -0.2) is 12.7 Å². The molecule has 11 heavy (non-hydrogen) atoms. The summed E-state index contributed by atoms with van der Waals surface area (Å²) in [6.07, 6.45) is 4.71. The molecule has 2 unspecified atom stereocenters. The lowest BCUT2D eigenvalue weighted by Crippen LogP contribution is -2.03. The standard InChI is InChI=1S/C10H20O/c1-8(2)5-4-6-9(3)10-7-11-10/h8-10H,4-7H2,1-3H3. The quantitative estimate of drug-likeness (QED) is 0.558. The van der Waals surface area contributed by atoms with Crippen LogP contribution in [0.2, 0.25) is 0 Å². The van der Waals surface area contributed by atoms with Crippen LogP contribution < -0.4 is 0 Å². The largest absolute Gasteiger partial charge is 0.373 e. The molecule has 0 spiro atoms. The van der Waals surface area contributed by atoms with Gasteiger partial charge in [0.05, 0.1) is 12.7 Å². The molecule has 0 aromatic carbocycles. The highest BCUT2D eigenvalue weighted by Gasteiger charge is 2.28. The Balaban J connectivity index is 1.93. The van der Waals surface area contributed by atoms with Crippen LogP contribution in [-0.2, 0) is 4.74 Å². The van der Waals surface area contributed by atoms with Crippen LogP contribution in [0.1, 0.15) is 40.0 Å². The van der Waals surface area contributed by atoms with Crippen molar-refractivity contribution in [1.29, 1.82) is 0 Å². The molecule has 0 N–H and O–H groups in total. The van der Waals surface area contributed by atoms with Crippen molar-refractivity contribution in [1.82, 2.24) is 0 Å². The molecule has 0 amide bonds. The molecule has 1 rings (SSSR count). The van der Waals surface area contributed by atoms with E-state index in [-0.39, 0.29) is 0 Å². The maximum absolute atomic E-state index is 5.23. The van der Waals surface area contributed by atoms with Gasteiger partial charge in [-0.15, -0.1) is 0 Å². The van der Waals surface area contributed by atoms with E-state index in [1.54, 1.807) is 0 Å². The molecule has 1 nitrogen and oxygen atoms in total. The van der Waals surface area contributed by atoms with Crippen molar-refractivity contribution < 1.29 is 4.74 Å². The third kappa shape index (κ3) is 3.76. The van der Waals surface area contributed by atoms with Crippen LogP contribution in [0.25, 0.3) is 0 Å². The van der Waals surface area contributed by atoms with E-state index in [0.29, 0.717) is 6.10 Å². The van der Waals surface area contributed by atoms with Crippen molar-refractivity contribution in [3.8, 4) is 0 Å². The van der Waals surface area contributed by atoms with Gasteiger partial charge >= 0.3 is 0 Å². The Kier molecular flexibility index (Phi) is 3.38. The number of hydrogen-bond acceptors (Lipinski definition) is 1. The summed E-state index contributed by atoms with van der Waals surface area (Å²) in [6.45, 7) is 7.90. The molecule has 66 valence electrons. The molecular formula is C10H20O. The highest BCUT2D eigenvalue weighted by Crippen LogP contribution is 2.24. The summed E-state index contributed by atoms with van der Waals surface area (Å²) in [5, 5.41) is 0. The Morgan fingerprint density at radius 1 is 1.27 bits per heavy atom. The van der Waals surface area contributed by atoms with Crippen molar-refractivity contribution in [2.45, 2.75) is 46.1 Å². The predicted octanol–water partition coefficient (Wildman–Crippen LogP) is 2.85. The van der Waals surface area contributed by atoms with Crippen molar-refractivity contribution in [2.75, 3.05) is 6.61 Å². The SMILES string of the molecule is CC(C)CCCC(C)C1CO1. The molecule has 0 aromatic heterocycles. The monoisotopic (exact) mass is 156 g/mol. The Morgan fingerprint density at radius 3 is 2.36 bits per heavy atom. The first-order valence-electron chi connectivity index (χ1n) is 4.81. The highest BCUT2D eigenvalue weighted by molar-refractivity contribution is 4.75. The molecule has 1 aliphatic heterocycles. The summed E-state index contributed by atoms with van der Waals surface area (Å²) in [6, 6.07) is 0. The van der Waals surface area contributed by atoms with E-state index >= 15 is 0 Å². The van der Waals surface area contributed by atoms with E-state index in [4.69, 9.17) is 4.74 Å². The summed E-state index contributed by atoms with van der Waals surface area (Å²) in [5.74, 6) is 1.66. The average molecular weight is 156 g/mol. The van der Waals surface area contributed by atoms with Gasteiger partial charge in [-0.05, 0) is 18.3 Å². The highest BCUT2D eigenvalue weighted by atomic mass is 16.6. The second-order valence-corrected chi connectivity index (χ2v) is 4.17. The minimum Gasteiger partial charge on any atom is -0.373 e. The predicted molar refractivity (Wildman–Crippen MR) is 47.6 cm³/mol. The Bertz CT molecular complexity index is 105. The second-order valence-electron chi connectivity index (χ2n) is 4.17. The van der Waals surface area contributed by atoms with Gasteiger partial charge in [-0.1, -0.05) is 33.6 Å². The fourth-order valence-corrected chi connectivity index (χ4v) is 1.42. The lowest BCUT2D eigenvalue weighted by molar-refractivity contribution is 0.321. The molecule has 0 bridgehead atoms. The molecule has 1 heterocycles. The second kappa shape index (κ2) is 4.10. The van der Waals surface area contributed by atoms with Crippen molar-refractivity contribution in [2.24, 2.45) is 11.8 Å². The van der Waals surface area contributed by atoms with Gasteiger partial charge in [0, 0.05) is 0 Å². The van der Waals surface area contributed by atoms with Gasteiger partial charge < -0.3 is 4.74 Å². The molecule has 1 fully saturated rings. The van der Waals surface area contributed by atoms with E-state index in [0.717, 1.165) is 18.4 Å². The molecule has 0 saturated carbocycles. The summed E-state index contributed by atoms with van der Waals surface area (Å²) in [4.78, 5) is 0. The zero-order valence-corrected chi connectivity index (χ0v) is 7.97. The Morgan fingerprint density at radius 2 is 1.91 bits per heavy atom. The molecule has 1 aliphatic rings. The number of rotatable bonds is 5. The van der Waals surface area contributed by atoms with Crippen molar-refractivity contribution in [3.05, 3.63) is 0 Å². The van der Waals surface area contributed by atoms with Crippen LogP contribution in [0.3, 0.4) is 0 Å². The molecule has 0 aliphatic carbocycles. The van der Waals surface area contributed by atoms with E-state index < -0.39 is 0 Å². The zero-order chi connectivity index (χ0) is 8.27. The van der Waals surface area contributed by atoms with Gasteiger partial charge in [-0.3, -0.25) is 0 Å². The zero-order valence-electron chi connectivity index (χ0n) is 7.97. The van der Waals surface area contributed by atoms with Crippen LogP contribution in [0, 0.1) is 11.8 Å². The summed E-state index contributed by atoms with van der Waals surface area (Å²) >= 11 is 0. The van der Waals surface area contributed by atoms with E-state index in [2.05, 4.69) is 20.8 Å². The lowest BCUT2D eigenvalue weighted by atomic mass is 9.98. The topological polar surface area (TPSA) is 12.5 Å². The molecule has 0 aromatic rings. The minimum atomic E-state index is 0.613. The third-order valence-corrected chi connectivity index (χ3v) is 2.43. The van der Waals surface area contributed by atoms with Gasteiger partial charge in [0.15, 0.2) is 0 Å². The van der Waals surface area contributed by atoms with Gasteiger partial charge in [0.25, 0.3) is 0 Å². The van der Waals surface area contributed by atoms with Gasteiger partial charge in [-0.25, -0.2) is 0 Å². The van der Waals surface area contributed by atoms with Gasteiger partial charge in [-0.2, -0.15) is 0 Å². The van der Waals surface area contributed by atoms with Gasteiger partial charge in [0.1, 0.15) is 0 Å². The maximum atomic E-state index is 5.23. The van der Waals surface area contributed by atoms with Crippen molar-refractivity contribution in [3.63, 3.8) is 0 Å². The van der Waals surface area contributed by atoms with Crippen molar-refractivity contribution >= 4 is 0 Å². The smallest absolute Gasteiger partial charge is 0.0835 e. The van der Waals surface area contributed by atoms with E-state index in [1.807, 2.05) is 0 Å². The first-order chi connectivity index (χ1) is 5.20. The average Bonchev–Trinajstić information content (AvgIpc) is 2.66. The third-order valence-electron chi connectivity index (χ3n) is 2.43. The summed E-state index contributed by atoms with van der Waals surface area (Å²) < 4.78 is 5.23. The lowest BCUT2D eigenvalue weighted by Gasteiger charge is -2.08. The minimum absolute atomic E-state index is 0.613. The molecular weight excluding hydrogens is 136 g/mol. The van der Waals surface area contributed by atoms with Crippen LogP contribution in [0.5, 0.6) is 0 Å². The Labute approximate surface area is 70.1 Å². The normalized spacial score (nSPS) is 25.6. The van der Waals surface area contributed by atoms with Gasteiger partial charge in [0.2, 0.25) is 0 Å². The molecule has 2 atom stereocenters. The molecule has 0 radical (unpaired) electrons. The number of epoxide rings is 1. The first-order valence-corrected chi connectivity index (χ1v) is 4.81. The maximum Gasteiger partial charge on any atom is 0.0835 e. The Hall–Kier alpha value is -0.0400. The summed E-state index contributed by atoms with van der Waals surface area (Å²) in [5.41, 5.74) is 0. The number of hydrogen-bond donors (Lipinski definition) is 0. The van der Waals surface area contributed by atoms with E-state index in [9.17, 15) is 0 Å². The summed E-state index contributed by atoms with van der Waals surface area (Å²) in [7, 11) is 0. The molecule has 1 heteroatoms. The number of ether oxygens (including phenoxy) is 1. The van der Waals surface area contributed by atoms with Crippen LogP contribution in [0.15, 0.2) is 0 Å². The van der Waals surface area contributed by atoms with Crippen LogP contribution in [0.4, 0.5) is 0 Å². The fraction of sp³-hybridized carbons (Fsp3) is 1.00. The fourth-order valence-electron chi connectivity index (χ4n) is 1.42. The first kappa shape index (κ1) is 9.05. The van der Waals surface area contributed by atoms with Crippen LogP contribution >= 0.6 is 0 Å².